The van der Waals surface area contributed by atoms with Gasteiger partial charge < -0.3 is 10.4 Å². The molecule has 2 N–H and O–H groups in total. The van der Waals surface area contributed by atoms with Gasteiger partial charge in [-0.2, -0.15) is 13.2 Å². The van der Waals surface area contributed by atoms with Crippen LogP contribution in [-0.2, 0) is 0 Å². The van der Waals surface area contributed by atoms with Crippen LogP contribution in [0.3, 0.4) is 0 Å². The van der Waals surface area contributed by atoms with Crippen LogP contribution in [-0.4, -0.2) is 30.5 Å². The zero-order valence-electron chi connectivity index (χ0n) is 6.99. The first kappa shape index (κ1) is 11.7. The van der Waals surface area contributed by atoms with E-state index in [4.69, 9.17) is 5.11 Å². The molecule has 2 nitrogen and oxygen atoms in total. The molecule has 0 rings (SSSR count). The molecule has 0 aromatic carbocycles. The first-order valence-electron chi connectivity index (χ1n) is 3.87. The summed E-state index contributed by atoms with van der Waals surface area (Å²) in [6.07, 6.45) is -5.27. The SMILES string of the molecule is C[C@@H](O)CNCCCC(F)(F)F. The molecule has 0 aliphatic rings. The molecule has 0 saturated carbocycles. The molecule has 5 heteroatoms. The Hall–Kier alpha value is -0.290. The molecule has 0 saturated heterocycles. The zero-order valence-corrected chi connectivity index (χ0v) is 6.99. The minimum atomic E-state index is -4.06. The Kier molecular flexibility index (Phi) is 5.24. The van der Waals surface area contributed by atoms with Crippen molar-refractivity contribution in [3.05, 3.63) is 0 Å². The summed E-state index contributed by atoms with van der Waals surface area (Å²) >= 11 is 0. The fourth-order valence-corrected chi connectivity index (χ4v) is 0.725. The fourth-order valence-electron chi connectivity index (χ4n) is 0.725. The van der Waals surface area contributed by atoms with Crippen LogP contribution in [0.25, 0.3) is 0 Å². The lowest BCUT2D eigenvalue weighted by molar-refractivity contribution is -0.135. The highest BCUT2D eigenvalue weighted by Crippen LogP contribution is 2.20. The maximum Gasteiger partial charge on any atom is 0.389 e. The number of halogens is 3. The first-order valence-corrected chi connectivity index (χ1v) is 3.87. The molecule has 0 aliphatic heterocycles. The lowest BCUT2D eigenvalue weighted by Gasteiger charge is -2.08. The number of hydrogen-bond donors (Lipinski definition) is 2. The van der Waals surface area contributed by atoms with Gasteiger partial charge in [0.05, 0.1) is 6.10 Å². The Morgan fingerprint density at radius 3 is 2.42 bits per heavy atom. The van der Waals surface area contributed by atoms with E-state index < -0.39 is 18.7 Å². The summed E-state index contributed by atoms with van der Waals surface area (Å²) in [7, 11) is 0. The first-order chi connectivity index (χ1) is 5.42. The predicted octanol–water partition coefficient (Wildman–Crippen LogP) is 1.30. The smallest absolute Gasteiger partial charge is 0.389 e. The molecule has 0 amide bonds. The van der Waals surface area contributed by atoms with Crippen LogP contribution in [0.15, 0.2) is 0 Å². The number of alkyl halides is 3. The molecule has 0 spiro atoms. The lowest BCUT2D eigenvalue weighted by atomic mass is 10.3. The van der Waals surface area contributed by atoms with Crippen molar-refractivity contribution in [2.45, 2.75) is 32.0 Å². The van der Waals surface area contributed by atoms with Crippen LogP contribution in [0.5, 0.6) is 0 Å². The van der Waals surface area contributed by atoms with E-state index in [1.54, 1.807) is 6.92 Å². The number of hydrogen-bond acceptors (Lipinski definition) is 2. The molecule has 0 aliphatic carbocycles. The van der Waals surface area contributed by atoms with Gasteiger partial charge in [-0.3, -0.25) is 0 Å². The van der Waals surface area contributed by atoms with Crippen molar-refractivity contribution in [1.29, 1.82) is 0 Å². The quantitative estimate of drug-likeness (QED) is 0.633. The Morgan fingerprint density at radius 2 is 2.00 bits per heavy atom. The molecule has 74 valence electrons. The molecule has 12 heavy (non-hydrogen) atoms. The fraction of sp³-hybridized carbons (Fsp3) is 1.00. The summed E-state index contributed by atoms with van der Waals surface area (Å²) in [5, 5.41) is 11.4. The molecule has 0 aromatic heterocycles. The van der Waals surface area contributed by atoms with E-state index in [0.29, 0.717) is 13.1 Å². The minimum absolute atomic E-state index is 0.0657. The van der Waals surface area contributed by atoms with Gasteiger partial charge >= 0.3 is 6.18 Å². The van der Waals surface area contributed by atoms with Gasteiger partial charge in [0.1, 0.15) is 0 Å². The largest absolute Gasteiger partial charge is 0.392 e. The molecular weight excluding hydrogens is 171 g/mol. The summed E-state index contributed by atoms with van der Waals surface area (Å²) in [4.78, 5) is 0. The van der Waals surface area contributed by atoms with Gasteiger partial charge in [-0.25, -0.2) is 0 Å². The van der Waals surface area contributed by atoms with Crippen LogP contribution < -0.4 is 5.32 Å². The van der Waals surface area contributed by atoms with E-state index in [-0.39, 0.29) is 6.42 Å². The standard InChI is InChI=1S/C7H14F3NO/c1-6(12)5-11-4-2-3-7(8,9)10/h6,11-12H,2-5H2,1H3/t6-/m1/s1. The Balaban J connectivity index is 3.12. The average molecular weight is 185 g/mol. The van der Waals surface area contributed by atoms with E-state index in [2.05, 4.69) is 5.32 Å². The van der Waals surface area contributed by atoms with Gasteiger partial charge in [0.25, 0.3) is 0 Å². The second kappa shape index (κ2) is 5.37. The van der Waals surface area contributed by atoms with E-state index in [0.717, 1.165) is 0 Å². The molecule has 0 fully saturated rings. The van der Waals surface area contributed by atoms with Crippen LogP contribution >= 0.6 is 0 Å². The van der Waals surface area contributed by atoms with Crippen molar-refractivity contribution >= 4 is 0 Å². The maximum absolute atomic E-state index is 11.6. The van der Waals surface area contributed by atoms with Crippen molar-refractivity contribution in [1.82, 2.24) is 5.32 Å². The second-order valence-corrected chi connectivity index (χ2v) is 2.77. The summed E-state index contributed by atoms with van der Waals surface area (Å²) in [5.41, 5.74) is 0. The Morgan fingerprint density at radius 1 is 1.42 bits per heavy atom. The summed E-state index contributed by atoms with van der Waals surface area (Å²) in [6, 6.07) is 0. The molecular formula is C7H14F3NO. The van der Waals surface area contributed by atoms with Gasteiger partial charge in [-0.05, 0) is 19.9 Å². The molecule has 0 aromatic rings. The lowest BCUT2D eigenvalue weighted by Crippen LogP contribution is -2.26. The third-order valence-electron chi connectivity index (χ3n) is 1.25. The highest BCUT2D eigenvalue weighted by Gasteiger charge is 2.25. The van der Waals surface area contributed by atoms with E-state index in [1.165, 1.54) is 0 Å². The highest BCUT2D eigenvalue weighted by molar-refractivity contribution is 4.56. The van der Waals surface area contributed by atoms with Gasteiger partial charge in [0.15, 0.2) is 0 Å². The van der Waals surface area contributed by atoms with Gasteiger partial charge in [-0.1, -0.05) is 0 Å². The monoisotopic (exact) mass is 185 g/mol. The summed E-state index contributed by atoms with van der Waals surface area (Å²) in [6.45, 7) is 2.22. The van der Waals surface area contributed by atoms with E-state index >= 15 is 0 Å². The highest BCUT2D eigenvalue weighted by atomic mass is 19.4. The van der Waals surface area contributed by atoms with E-state index in [1.807, 2.05) is 0 Å². The number of aliphatic hydroxyl groups is 1. The van der Waals surface area contributed by atoms with Gasteiger partial charge in [0, 0.05) is 13.0 Å². The molecule has 0 radical (unpaired) electrons. The Bertz CT molecular complexity index is 114. The number of rotatable bonds is 5. The predicted molar refractivity (Wildman–Crippen MR) is 39.8 cm³/mol. The van der Waals surface area contributed by atoms with Crippen molar-refractivity contribution in [2.75, 3.05) is 13.1 Å². The van der Waals surface area contributed by atoms with E-state index in [9.17, 15) is 13.2 Å². The van der Waals surface area contributed by atoms with Crippen molar-refractivity contribution in [2.24, 2.45) is 0 Å². The third kappa shape index (κ3) is 9.71. The van der Waals surface area contributed by atoms with Gasteiger partial charge in [-0.15, -0.1) is 0 Å². The second-order valence-electron chi connectivity index (χ2n) is 2.77. The molecule has 0 heterocycles. The van der Waals surface area contributed by atoms with Crippen LogP contribution in [0.1, 0.15) is 19.8 Å². The number of nitrogens with one attached hydrogen (secondary N) is 1. The molecule has 0 unspecified atom stereocenters. The normalized spacial score (nSPS) is 14.8. The Labute approximate surface area is 69.8 Å². The van der Waals surface area contributed by atoms with Gasteiger partial charge in [0.2, 0.25) is 0 Å². The third-order valence-corrected chi connectivity index (χ3v) is 1.25. The van der Waals surface area contributed by atoms with Crippen LogP contribution in [0.2, 0.25) is 0 Å². The van der Waals surface area contributed by atoms with Crippen LogP contribution in [0.4, 0.5) is 13.2 Å². The van der Waals surface area contributed by atoms with Crippen molar-refractivity contribution in [3.8, 4) is 0 Å². The number of aliphatic hydroxyl groups excluding tert-OH is 1. The topological polar surface area (TPSA) is 32.3 Å². The molecule has 0 bridgehead atoms. The zero-order chi connectivity index (χ0) is 9.61. The summed E-state index contributed by atoms with van der Waals surface area (Å²) in [5.74, 6) is 0. The summed E-state index contributed by atoms with van der Waals surface area (Å²) < 4.78 is 34.7. The van der Waals surface area contributed by atoms with Crippen LogP contribution in [0, 0.1) is 0 Å². The maximum atomic E-state index is 11.6. The molecule has 1 atom stereocenters. The van der Waals surface area contributed by atoms with Crippen molar-refractivity contribution in [3.63, 3.8) is 0 Å². The average Bonchev–Trinajstić information content (AvgIpc) is 1.83. The minimum Gasteiger partial charge on any atom is -0.392 e. The van der Waals surface area contributed by atoms with Crippen molar-refractivity contribution < 1.29 is 18.3 Å².